The number of nitrogens with zero attached hydrogens (tertiary/aromatic N) is 1. The molecule has 1 atom stereocenters. The van der Waals surface area contributed by atoms with Crippen molar-refractivity contribution in [2.24, 2.45) is 0 Å². The molecule has 4 aromatic rings. The zero-order valence-corrected chi connectivity index (χ0v) is 22.5. The maximum atomic E-state index is 13.9. The lowest BCUT2D eigenvalue weighted by molar-refractivity contribution is 0.0585. The number of methoxy groups -OCH3 is 2. The van der Waals surface area contributed by atoms with Crippen molar-refractivity contribution in [3.05, 3.63) is 93.3 Å². The summed E-state index contributed by atoms with van der Waals surface area (Å²) in [5.41, 5.74) is 3.35. The predicted molar refractivity (Wildman–Crippen MR) is 147 cm³/mol. The summed E-state index contributed by atoms with van der Waals surface area (Å²) in [5, 5.41) is 0.839. The molecule has 5 rings (SSSR count). The lowest BCUT2D eigenvalue weighted by Crippen LogP contribution is -2.42. The lowest BCUT2D eigenvalue weighted by atomic mass is 9.91. The molecule has 1 aliphatic rings. The molecule has 0 bridgehead atoms. The van der Waals surface area contributed by atoms with E-state index in [4.69, 9.17) is 23.4 Å². The minimum atomic E-state index is -0.420. The molecule has 0 aliphatic carbocycles. The Morgan fingerprint density at radius 3 is 2.51 bits per heavy atom. The van der Waals surface area contributed by atoms with Gasteiger partial charge in [0.15, 0.2) is 11.5 Å². The highest BCUT2D eigenvalue weighted by Gasteiger charge is 2.34. The smallest absolute Gasteiger partial charge is 0.336 e. The molecule has 1 amide bonds. The molecule has 3 aromatic carbocycles. The Labute approximate surface area is 226 Å². The van der Waals surface area contributed by atoms with Crippen LogP contribution in [-0.2, 0) is 6.42 Å². The summed E-state index contributed by atoms with van der Waals surface area (Å²) in [6.07, 6.45) is 0.648. The van der Waals surface area contributed by atoms with Gasteiger partial charge in [-0.2, -0.15) is 0 Å². The van der Waals surface area contributed by atoms with Crippen LogP contribution in [0.1, 0.15) is 40.0 Å². The summed E-state index contributed by atoms with van der Waals surface area (Å²) in [6.45, 7) is 4.87. The van der Waals surface area contributed by atoms with Crippen LogP contribution in [0.15, 0.2) is 69.9 Å². The number of ether oxygens (including phenoxy) is 4. The van der Waals surface area contributed by atoms with Crippen LogP contribution in [0.25, 0.3) is 11.0 Å². The molecule has 1 aromatic heterocycles. The molecular weight excluding hydrogens is 498 g/mol. The average Bonchev–Trinajstić information content (AvgIpc) is 2.94. The molecule has 0 unspecified atom stereocenters. The molecule has 202 valence electrons. The minimum Gasteiger partial charge on any atom is -0.493 e. The number of fused-ring (bicyclic) bond motifs is 2. The van der Waals surface area contributed by atoms with Gasteiger partial charge in [0.25, 0.3) is 5.91 Å². The summed E-state index contributed by atoms with van der Waals surface area (Å²) in [4.78, 5) is 27.7. The first-order valence-corrected chi connectivity index (χ1v) is 12.9. The minimum absolute atomic E-state index is 0.145. The van der Waals surface area contributed by atoms with Gasteiger partial charge in [-0.15, -0.1) is 0 Å². The third-order valence-electron chi connectivity index (χ3n) is 7.01. The fraction of sp³-hybridized carbons (Fsp3) is 0.290. The Morgan fingerprint density at radius 1 is 0.974 bits per heavy atom. The SMILES string of the molecule is CCOc1ccccc1C(=O)N1CCc2cc(OC)c(OC)cc2[C@@H]1COc1ccc2c(C)cc(=O)oc2c1. The second kappa shape index (κ2) is 11.1. The summed E-state index contributed by atoms with van der Waals surface area (Å²) in [6, 6.07) is 17.6. The van der Waals surface area contributed by atoms with E-state index in [2.05, 4.69) is 0 Å². The highest BCUT2D eigenvalue weighted by atomic mass is 16.5. The zero-order valence-electron chi connectivity index (χ0n) is 22.5. The van der Waals surface area contributed by atoms with Gasteiger partial charge in [0.1, 0.15) is 23.7 Å². The lowest BCUT2D eigenvalue weighted by Gasteiger charge is -2.38. The first-order valence-electron chi connectivity index (χ1n) is 12.9. The van der Waals surface area contributed by atoms with E-state index in [0.717, 1.165) is 22.1 Å². The van der Waals surface area contributed by atoms with E-state index in [-0.39, 0.29) is 12.5 Å². The third kappa shape index (κ3) is 5.14. The first-order chi connectivity index (χ1) is 18.9. The molecule has 8 nitrogen and oxygen atoms in total. The van der Waals surface area contributed by atoms with Gasteiger partial charge < -0.3 is 28.3 Å². The highest BCUT2D eigenvalue weighted by molar-refractivity contribution is 5.97. The summed E-state index contributed by atoms with van der Waals surface area (Å²) < 4.78 is 28.5. The number of hydrogen-bond acceptors (Lipinski definition) is 7. The number of rotatable bonds is 8. The zero-order chi connectivity index (χ0) is 27.5. The van der Waals surface area contributed by atoms with E-state index in [1.807, 2.05) is 55.1 Å². The Kier molecular flexibility index (Phi) is 7.45. The largest absolute Gasteiger partial charge is 0.493 e. The van der Waals surface area contributed by atoms with Crippen LogP contribution in [-0.4, -0.2) is 44.8 Å². The molecular formula is C31H31NO7. The van der Waals surface area contributed by atoms with Crippen molar-refractivity contribution < 1.29 is 28.2 Å². The number of benzene rings is 3. The van der Waals surface area contributed by atoms with Crippen molar-refractivity contribution in [1.29, 1.82) is 0 Å². The van der Waals surface area contributed by atoms with Crippen molar-refractivity contribution in [3.8, 4) is 23.0 Å². The summed E-state index contributed by atoms with van der Waals surface area (Å²) >= 11 is 0. The highest BCUT2D eigenvalue weighted by Crippen LogP contribution is 2.39. The van der Waals surface area contributed by atoms with Gasteiger partial charge in [-0.25, -0.2) is 4.79 Å². The number of carbonyl (C=O) groups excluding carboxylic acids is 1. The second-order valence-electron chi connectivity index (χ2n) is 9.32. The fourth-order valence-electron chi connectivity index (χ4n) is 5.10. The molecule has 0 spiro atoms. The topological polar surface area (TPSA) is 87.4 Å². The molecule has 8 heteroatoms. The number of aryl methyl sites for hydroxylation is 1. The van der Waals surface area contributed by atoms with E-state index in [9.17, 15) is 9.59 Å². The van der Waals surface area contributed by atoms with Gasteiger partial charge in [-0.3, -0.25) is 4.79 Å². The first kappa shape index (κ1) is 26.2. The predicted octanol–water partition coefficient (Wildman–Crippen LogP) is 5.34. The second-order valence-corrected chi connectivity index (χ2v) is 9.32. The molecule has 0 saturated heterocycles. The number of hydrogen-bond donors (Lipinski definition) is 0. The van der Waals surface area contributed by atoms with E-state index < -0.39 is 11.7 Å². The molecule has 1 aliphatic heterocycles. The van der Waals surface area contributed by atoms with E-state index in [1.54, 1.807) is 32.4 Å². The molecule has 0 saturated carbocycles. The van der Waals surface area contributed by atoms with Crippen LogP contribution in [0.3, 0.4) is 0 Å². The molecule has 0 radical (unpaired) electrons. The van der Waals surface area contributed by atoms with Crippen molar-refractivity contribution in [1.82, 2.24) is 4.90 Å². The van der Waals surface area contributed by atoms with E-state index in [1.165, 1.54) is 6.07 Å². The van der Waals surface area contributed by atoms with Gasteiger partial charge in [-0.1, -0.05) is 12.1 Å². The van der Waals surface area contributed by atoms with Crippen LogP contribution in [0.5, 0.6) is 23.0 Å². The maximum Gasteiger partial charge on any atom is 0.336 e. The Morgan fingerprint density at radius 2 is 1.74 bits per heavy atom. The fourth-order valence-corrected chi connectivity index (χ4v) is 5.10. The van der Waals surface area contributed by atoms with Crippen LogP contribution in [0.2, 0.25) is 0 Å². The van der Waals surface area contributed by atoms with Crippen LogP contribution >= 0.6 is 0 Å². The summed E-state index contributed by atoms with van der Waals surface area (Å²) in [5.74, 6) is 2.15. The standard InChI is InChI=1S/C31H31NO7/c1-5-37-26-9-7-6-8-23(26)31(34)32-13-12-20-15-28(35-3)29(36-4)17-24(20)25(32)18-38-21-10-11-22-19(2)14-30(33)39-27(22)16-21/h6-11,14-17,25H,5,12-13,18H2,1-4H3/t25-/m0/s1. The number of amides is 1. The van der Waals surface area contributed by atoms with Crippen molar-refractivity contribution in [3.63, 3.8) is 0 Å². The molecule has 0 fully saturated rings. The molecule has 2 heterocycles. The average molecular weight is 530 g/mol. The number of para-hydroxylation sites is 1. The third-order valence-corrected chi connectivity index (χ3v) is 7.01. The normalized spacial score (nSPS) is 14.6. The Bertz CT molecular complexity index is 1580. The number of carbonyl (C=O) groups is 1. The van der Waals surface area contributed by atoms with Gasteiger partial charge in [0.05, 0.1) is 32.4 Å². The van der Waals surface area contributed by atoms with E-state index >= 15 is 0 Å². The van der Waals surface area contributed by atoms with Crippen molar-refractivity contribution in [2.75, 3.05) is 34.0 Å². The van der Waals surface area contributed by atoms with Crippen LogP contribution in [0, 0.1) is 6.92 Å². The van der Waals surface area contributed by atoms with Crippen molar-refractivity contribution >= 4 is 16.9 Å². The quantitative estimate of drug-likeness (QED) is 0.285. The van der Waals surface area contributed by atoms with Gasteiger partial charge in [-0.05, 0) is 73.4 Å². The maximum absolute atomic E-state index is 13.9. The van der Waals surface area contributed by atoms with Crippen LogP contribution in [0.4, 0.5) is 0 Å². The Hall–Kier alpha value is -4.46. The molecule has 0 N–H and O–H groups in total. The Balaban J connectivity index is 1.53. The van der Waals surface area contributed by atoms with Gasteiger partial charge >= 0.3 is 5.63 Å². The van der Waals surface area contributed by atoms with Crippen LogP contribution < -0.4 is 24.6 Å². The van der Waals surface area contributed by atoms with E-state index in [0.29, 0.717) is 53.7 Å². The van der Waals surface area contributed by atoms with Gasteiger partial charge in [0.2, 0.25) is 0 Å². The van der Waals surface area contributed by atoms with Crippen molar-refractivity contribution in [2.45, 2.75) is 26.3 Å². The summed E-state index contributed by atoms with van der Waals surface area (Å²) in [7, 11) is 3.19. The monoisotopic (exact) mass is 529 g/mol. The molecule has 39 heavy (non-hydrogen) atoms. The van der Waals surface area contributed by atoms with Gasteiger partial charge in [0, 0.05) is 24.1 Å².